The first-order chi connectivity index (χ1) is 8.25. The molecule has 1 aromatic heterocycles. The topological polar surface area (TPSA) is 36.9 Å². The molecule has 0 radical (unpaired) electrons. The summed E-state index contributed by atoms with van der Waals surface area (Å²) in [4.78, 5) is 2.27. The largest absolute Gasteiger partial charge is 0.344 e. The van der Waals surface area contributed by atoms with Crippen LogP contribution >= 0.6 is 12.2 Å². The Morgan fingerprint density at radius 3 is 2.71 bits per heavy atom. The van der Waals surface area contributed by atoms with E-state index >= 15 is 0 Å². The highest BCUT2D eigenvalue weighted by molar-refractivity contribution is 7.71. The van der Waals surface area contributed by atoms with Crippen molar-refractivity contribution >= 4 is 18.2 Å². The molecule has 2 aliphatic carbocycles. The highest BCUT2D eigenvalue weighted by atomic mass is 32.1. The Labute approximate surface area is 107 Å². The second-order valence-corrected chi connectivity index (χ2v) is 5.85. The van der Waals surface area contributed by atoms with Gasteiger partial charge in [-0.25, -0.2) is 5.10 Å². The highest BCUT2D eigenvalue weighted by Gasteiger charge is 2.27. The number of hydrogen-bond donors (Lipinski definition) is 1. The number of nitrogens with zero attached hydrogens (tertiary/aromatic N) is 3. The van der Waals surface area contributed by atoms with Crippen molar-refractivity contribution in [2.75, 3.05) is 18.5 Å². The molecule has 1 N–H and O–H groups in total. The molecular formula is C12H20N4S. The predicted molar refractivity (Wildman–Crippen MR) is 70.9 cm³/mol. The Bertz CT molecular complexity index is 440. The van der Waals surface area contributed by atoms with Crippen LogP contribution in [-0.2, 0) is 0 Å². The molecule has 3 rings (SSSR count). The van der Waals surface area contributed by atoms with Crippen molar-refractivity contribution in [3.05, 3.63) is 4.77 Å². The van der Waals surface area contributed by atoms with Crippen molar-refractivity contribution < 1.29 is 0 Å². The lowest BCUT2D eigenvalue weighted by Gasteiger charge is -2.21. The van der Waals surface area contributed by atoms with Crippen molar-refractivity contribution in [1.82, 2.24) is 14.8 Å². The fraction of sp³-hybridized carbons (Fsp3) is 0.833. The lowest BCUT2D eigenvalue weighted by atomic mass is 10.2. The zero-order chi connectivity index (χ0) is 11.8. The minimum absolute atomic E-state index is 0.568. The number of rotatable bonds is 4. The number of aromatic amines is 1. The van der Waals surface area contributed by atoms with E-state index in [1.54, 1.807) is 0 Å². The molecule has 1 aromatic rings. The van der Waals surface area contributed by atoms with Crippen LogP contribution < -0.4 is 4.90 Å². The number of aromatic nitrogens is 3. The van der Waals surface area contributed by atoms with Gasteiger partial charge in [-0.05, 0) is 43.8 Å². The van der Waals surface area contributed by atoms with E-state index in [1.807, 2.05) is 0 Å². The van der Waals surface area contributed by atoms with Gasteiger partial charge in [0, 0.05) is 19.6 Å². The zero-order valence-corrected chi connectivity index (χ0v) is 11.2. The van der Waals surface area contributed by atoms with Gasteiger partial charge in [-0.2, -0.15) is 0 Å². The van der Waals surface area contributed by atoms with E-state index in [1.165, 1.54) is 38.5 Å². The van der Waals surface area contributed by atoms with Crippen molar-refractivity contribution in [2.45, 2.75) is 44.6 Å². The van der Waals surface area contributed by atoms with Gasteiger partial charge in [-0.1, -0.05) is 12.8 Å². The van der Waals surface area contributed by atoms with E-state index in [9.17, 15) is 0 Å². The van der Waals surface area contributed by atoms with Crippen molar-refractivity contribution in [2.24, 2.45) is 5.92 Å². The molecule has 0 aliphatic heterocycles. The molecule has 2 saturated carbocycles. The monoisotopic (exact) mass is 252 g/mol. The van der Waals surface area contributed by atoms with E-state index < -0.39 is 0 Å². The Balaban J connectivity index is 1.84. The first-order valence-electron chi connectivity index (χ1n) is 6.64. The minimum atomic E-state index is 0.568. The summed E-state index contributed by atoms with van der Waals surface area (Å²) in [6.07, 6.45) is 7.89. The van der Waals surface area contributed by atoms with E-state index in [4.69, 9.17) is 12.2 Å². The summed E-state index contributed by atoms with van der Waals surface area (Å²) in [7, 11) is 2.13. The van der Waals surface area contributed by atoms with Gasteiger partial charge in [-0.15, -0.1) is 5.10 Å². The Morgan fingerprint density at radius 2 is 2.06 bits per heavy atom. The molecule has 0 unspecified atom stereocenters. The summed E-state index contributed by atoms with van der Waals surface area (Å²) in [5, 5.41) is 7.38. The normalized spacial score (nSPS) is 21.0. The van der Waals surface area contributed by atoms with Crippen LogP contribution in [0.2, 0.25) is 0 Å². The minimum Gasteiger partial charge on any atom is -0.344 e. The Hall–Kier alpha value is -0.840. The van der Waals surface area contributed by atoms with Gasteiger partial charge in [0.1, 0.15) is 0 Å². The van der Waals surface area contributed by atoms with Crippen molar-refractivity contribution in [1.29, 1.82) is 0 Å². The maximum absolute atomic E-state index is 5.38. The fourth-order valence-corrected chi connectivity index (χ4v) is 3.10. The molecule has 0 amide bonds. The molecule has 5 heteroatoms. The SMILES string of the molecule is CN(CC1CC1)c1n[nH]c(=S)n1C1CCCC1. The molecule has 2 fully saturated rings. The quantitative estimate of drug-likeness (QED) is 0.837. The summed E-state index contributed by atoms with van der Waals surface area (Å²) in [6, 6.07) is 0.568. The first-order valence-corrected chi connectivity index (χ1v) is 7.04. The van der Waals surface area contributed by atoms with E-state index in [-0.39, 0.29) is 0 Å². The zero-order valence-electron chi connectivity index (χ0n) is 10.4. The van der Waals surface area contributed by atoms with E-state index in [2.05, 4.69) is 26.7 Å². The van der Waals surface area contributed by atoms with E-state index in [0.29, 0.717) is 6.04 Å². The van der Waals surface area contributed by atoms with Crippen LogP contribution in [0.3, 0.4) is 0 Å². The average Bonchev–Trinajstić information content (AvgIpc) is 2.81. The summed E-state index contributed by atoms with van der Waals surface area (Å²) < 4.78 is 3.03. The molecular weight excluding hydrogens is 232 g/mol. The van der Waals surface area contributed by atoms with Crippen LogP contribution in [0.15, 0.2) is 0 Å². The lowest BCUT2D eigenvalue weighted by Crippen LogP contribution is -2.25. The summed E-state index contributed by atoms with van der Waals surface area (Å²) in [6.45, 7) is 1.12. The predicted octanol–water partition coefficient (Wildman–Crippen LogP) is 2.90. The smallest absolute Gasteiger partial charge is 0.225 e. The number of nitrogens with one attached hydrogen (secondary N) is 1. The molecule has 0 bridgehead atoms. The van der Waals surface area contributed by atoms with Gasteiger partial charge in [-0.3, -0.25) is 4.57 Å². The van der Waals surface area contributed by atoms with Gasteiger partial charge in [0.15, 0.2) is 4.77 Å². The average molecular weight is 252 g/mol. The van der Waals surface area contributed by atoms with Crippen molar-refractivity contribution in [3.8, 4) is 0 Å². The van der Waals surface area contributed by atoms with Crippen LogP contribution in [0.1, 0.15) is 44.6 Å². The molecule has 1 heterocycles. The third kappa shape index (κ3) is 2.25. The summed E-state index contributed by atoms with van der Waals surface area (Å²) in [5.74, 6) is 1.91. The third-order valence-corrected chi connectivity index (χ3v) is 4.23. The Morgan fingerprint density at radius 1 is 1.35 bits per heavy atom. The standard InChI is InChI=1S/C12H20N4S/c1-15(8-9-6-7-9)11-13-14-12(17)16(11)10-4-2-3-5-10/h9-10H,2-8H2,1H3,(H,14,17). The number of H-pyrrole nitrogens is 1. The lowest BCUT2D eigenvalue weighted by molar-refractivity contribution is 0.507. The van der Waals surface area contributed by atoms with Gasteiger partial charge in [0.25, 0.3) is 0 Å². The molecule has 0 aromatic carbocycles. The summed E-state index contributed by atoms with van der Waals surface area (Å²) >= 11 is 5.38. The first kappa shape index (κ1) is 11.3. The van der Waals surface area contributed by atoms with Crippen LogP contribution in [0.4, 0.5) is 5.95 Å². The second-order valence-electron chi connectivity index (χ2n) is 5.46. The van der Waals surface area contributed by atoms with Gasteiger partial charge in [0.2, 0.25) is 5.95 Å². The van der Waals surface area contributed by atoms with Gasteiger partial charge >= 0.3 is 0 Å². The van der Waals surface area contributed by atoms with Crippen LogP contribution in [0.25, 0.3) is 0 Å². The molecule has 94 valence electrons. The molecule has 17 heavy (non-hydrogen) atoms. The van der Waals surface area contributed by atoms with Crippen LogP contribution in [0.5, 0.6) is 0 Å². The van der Waals surface area contributed by atoms with E-state index in [0.717, 1.165) is 23.2 Å². The van der Waals surface area contributed by atoms with Crippen molar-refractivity contribution in [3.63, 3.8) is 0 Å². The molecule has 0 saturated heterocycles. The highest BCUT2D eigenvalue weighted by Crippen LogP contribution is 2.34. The third-order valence-electron chi connectivity index (χ3n) is 3.95. The Kier molecular flexibility index (Phi) is 2.94. The van der Waals surface area contributed by atoms with Gasteiger partial charge in [0.05, 0.1) is 0 Å². The van der Waals surface area contributed by atoms with Crippen LogP contribution in [0, 0.1) is 10.7 Å². The number of hydrogen-bond acceptors (Lipinski definition) is 3. The molecule has 0 spiro atoms. The van der Waals surface area contributed by atoms with Crippen LogP contribution in [-0.4, -0.2) is 28.4 Å². The maximum atomic E-state index is 5.38. The maximum Gasteiger partial charge on any atom is 0.225 e. The fourth-order valence-electron chi connectivity index (χ4n) is 2.83. The molecule has 0 atom stereocenters. The van der Waals surface area contributed by atoms with Gasteiger partial charge < -0.3 is 4.90 Å². The molecule has 4 nitrogen and oxygen atoms in total. The number of anilines is 1. The molecule has 2 aliphatic rings. The second kappa shape index (κ2) is 4.44. The summed E-state index contributed by atoms with van der Waals surface area (Å²) in [5.41, 5.74) is 0.